The minimum Gasteiger partial charge on any atom is -0.406 e. The number of hydrogen-bond donors (Lipinski definition) is 0. The van der Waals surface area contributed by atoms with Gasteiger partial charge in [-0.1, -0.05) is 51.2 Å². The maximum atomic E-state index is 12.5. The van der Waals surface area contributed by atoms with E-state index < -0.39 is 6.36 Å². The first kappa shape index (κ1) is 19.6. The first-order valence-electron chi connectivity index (χ1n) is 10.3. The second-order valence-electron chi connectivity index (χ2n) is 8.30. The van der Waals surface area contributed by atoms with Gasteiger partial charge >= 0.3 is 6.36 Å². The number of ether oxygens (including phenoxy) is 1. The van der Waals surface area contributed by atoms with Crippen LogP contribution in [0.1, 0.15) is 83.1 Å². The van der Waals surface area contributed by atoms with Crippen molar-refractivity contribution < 1.29 is 17.9 Å². The van der Waals surface area contributed by atoms with Crippen LogP contribution in [0.25, 0.3) is 0 Å². The molecule has 0 aromatic heterocycles. The molecule has 0 aliphatic heterocycles. The normalized spacial score (nSPS) is 28.1. The molecular weight excluding hydrogens is 337 g/mol. The standard InChI is InChI=1S/C22H31F3O/c1-2-6-17-13-15-21(16-14-17,18-7-4-3-5-8-18)19-9-11-20(12-10-19)26-22(23,24)25/h9-12,17-18H,2-8,13-16H2,1H3/t17-,21+. The topological polar surface area (TPSA) is 9.23 Å². The summed E-state index contributed by atoms with van der Waals surface area (Å²) in [5, 5.41) is 0. The summed E-state index contributed by atoms with van der Waals surface area (Å²) in [7, 11) is 0. The summed E-state index contributed by atoms with van der Waals surface area (Å²) in [4.78, 5) is 0. The van der Waals surface area contributed by atoms with Gasteiger partial charge < -0.3 is 4.74 Å². The van der Waals surface area contributed by atoms with E-state index in [1.807, 2.05) is 12.1 Å². The van der Waals surface area contributed by atoms with Crippen molar-refractivity contribution >= 4 is 0 Å². The molecule has 1 nitrogen and oxygen atoms in total. The van der Waals surface area contributed by atoms with Gasteiger partial charge in [-0.2, -0.15) is 0 Å². The van der Waals surface area contributed by atoms with Gasteiger partial charge in [0, 0.05) is 0 Å². The summed E-state index contributed by atoms with van der Waals surface area (Å²) in [5.74, 6) is 1.39. The summed E-state index contributed by atoms with van der Waals surface area (Å²) in [6.07, 6.45) is 9.23. The first-order valence-corrected chi connectivity index (χ1v) is 10.3. The van der Waals surface area contributed by atoms with Crippen molar-refractivity contribution in [2.75, 3.05) is 0 Å². The van der Waals surface area contributed by atoms with E-state index in [4.69, 9.17) is 0 Å². The number of halogens is 3. The third kappa shape index (κ3) is 4.55. The third-order valence-corrected chi connectivity index (χ3v) is 6.74. The number of benzene rings is 1. The summed E-state index contributed by atoms with van der Waals surface area (Å²) >= 11 is 0. The molecule has 0 saturated heterocycles. The quantitative estimate of drug-likeness (QED) is 0.526. The molecule has 0 radical (unpaired) electrons. The molecule has 0 bridgehead atoms. The molecule has 2 aliphatic carbocycles. The van der Waals surface area contributed by atoms with Gasteiger partial charge in [0.25, 0.3) is 0 Å². The first-order chi connectivity index (χ1) is 12.4. The van der Waals surface area contributed by atoms with Gasteiger partial charge in [-0.05, 0) is 73.5 Å². The van der Waals surface area contributed by atoms with Crippen LogP contribution < -0.4 is 4.74 Å². The Hall–Kier alpha value is -1.19. The fourth-order valence-corrected chi connectivity index (χ4v) is 5.47. The lowest BCUT2D eigenvalue weighted by Crippen LogP contribution is -2.40. The Morgan fingerprint density at radius 1 is 0.962 bits per heavy atom. The van der Waals surface area contributed by atoms with Gasteiger partial charge in [0.05, 0.1) is 0 Å². The zero-order chi connectivity index (χ0) is 18.6. The fraction of sp³-hybridized carbons (Fsp3) is 0.727. The molecule has 0 atom stereocenters. The van der Waals surface area contributed by atoms with E-state index in [1.54, 1.807) is 0 Å². The molecule has 0 amide bonds. The molecule has 0 N–H and O–H groups in total. The van der Waals surface area contributed by atoms with E-state index in [9.17, 15) is 13.2 Å². The average Bonchev–Trinajstić information content (AvgIpc) is 2.63. The minimum atomic E-state index is -4.62. The average molecular weight is 368 g/mol. The molecule has 4 heteroatoms. The van der Waals surface area contributed by atoms with E-state index in [-0.39, 0.29) is 11.2 Å². The Bertz CT molecular complexity index is 550. The maximum absolute atomic E-state index is 12.5. The molecule has 26 heavy (non-hydrogen) atoms. The van der Waals surface area contributed by atoms with Crippen molar-refractivity contribution in [3.05, 3.63) is 29.8 Å². The van der Waals surface area contributed by atoms with Crippen molar-refractivity contribution in [1.82, 2.24) is 0 Å². The molecule has 1 aromatic rings. The van der Waals surface area contributed by atoms with Crippen LogP contribution in [-0.2, 0) is 5.41 Å². The van der Waals surface area contributed by atoms with Crippen LogP contribution in [-0.4, -0.2) is 6.36 Å². The van der Waals surface area contributed by atoms with Crippen LogP contribution in [0.15, 0.2) is 24.3 Å². The molecule has 0 spiro atoms. The highest BCUT2D eigenvalue weighted by atomic mass is 19.4. The molecule has 3 rings (SSSR count). The largest absolute Gasteiger partial charge is 0.573 e. The van der Waals surface area contributed by atoms with Crippen LogP contribution in [0.2, 0.25) is 0 Å². The lowest BCUT2D eigenvalue weighted by molar-refractivity contribution is -0.274. The van der Waals surface area contributed by atoms with E-state index in [0.29, 0.717) is 5.92 Å². The Balaban J connectivity index is 1.81. The summed E-state index contributed by atoms with van der Waals surface area (Å²) in [5.41, 5.74) is 1.38. The van der Waals surface area contributed by atoms with Gasteiger partial charge in [0.1, 0.15) is 5.75 Å². The Labute approximate surface area is 155 Å². The third-order valence-electron chi connectivity index (χ3n) is 6.74. The van der Waals surface area contributed by atoms with Gasteiger partial charge in [0.2, 0.25) is 0 Å². The smallest absolute Gasteiger partial charge is 0.406 e. The number of alkyl halides is 3. The molecule has 2 saturated carbocycles. The number of hydrogen-bond acceptors (Lipinski definition) is 1. The molecule has 2 aliphatic rings. The van der Waals surface area contributed by atoms with Crippen molar-refractivity contribution in [1.29, 1.82) is 0 Å². The molecular formula is C22H31F3O. The van der Waals surface area contributed by atoms with Crippen molar-refractivity contribution in [3.8, 4) is 5.75 Å². The second kappa shape index (κ2) is 8.22. The maximum Gasteiger partial charge on any atom is 0.573 e. The van der Waals surface area contributed by atoms with E-state index in [2.05, 4.69) is 11.7 Å². The van der Waals surface area contributed by atoms with E-state index in [1.165, 1.54) is 88.3 Å². The van der Waals surface area contributed by atoms with Gasteiger partial charge in [-0.3, -0.25) is 0 Å². The minimum absolute atomic E-state index is 0.111. The highest BCUT2D eigenvalue weighted by Gasteiger charge is 2.43. The van der Waals surface area contributed by atoms with Crippen LogP contribution in [0.3, 0.4) is 0 Å². The van der Waals surface area contributed by atoms with Gasteiger partial charge in [0.15, 0.2) is 0 Å². The van der Waals surface area contributed by atoms with Crippen LogP contribution >= 0.6 is 0 Å². The predicted octanol–water partition coefficient (Wildman–Crippen LogP) is 7.39. The van der Waals surface area contributed by atoms with Crippen LogP contribution in [0.4, 0.5) is 13.2 Å². The zero-order valence-electron chi connectivity index (χ0n) is 15.8. The molecule has 0 heterocycles. The van der Waals surface area contributed by atoms with Gasteiger partial charge in [-0.15, -0.1) is 13.2 Å². The molecule has 146 valence electrons. The van der Waals surface area contributed by atoms with E-state index in [0.717, 1.165) is 5.92 Å². The highest BCUT2D eigenvalue weighted by Crippen LogP contribution is 2.52. The van der Waals surface area contributed by atoms with Crippen molar-refractivity contribution in [2.45, 2.75) is 89.3 Å². The lowest BCUT2D eigenvalue weighted by Gasteiger charge is -2.48. The second-order valence-corrected chi connectivity index (χ2v) is 8.30. The monoisotopic (exact) mass is 368 g/mol. The lowest BCUT2D eigenvalue weighted by atomic mass is 9.57. The summed E-state index contributed by atoms with van der Waals surface area (Å²) < 4.78 is 41.4. The summed E-state index contributed by atoms with van der Waals surface area (Å²) in [6, 6.07) is 6.81. The van der Waals surface area contributed by atoms with Crippen LogP contribution in [0, 0.1) is 11.8 Å². The Morgan fingerprint density at radius 3 is 2.12 bits per heavy atom. The Morgan fingerprint density at radius 2 is 1.58 bits per heavy atom. The zero-order valence-corrected chi connectivity index (χ0v) is 15.8. The Kier molecular flexibility index (Phi) is 6.19. The van der Waals surface area contributed by atoms with E-state index >= 15 is 0 Å². The van der Waals surface area contributed by atoms with Crippen molar-refractivity contribution in [2.24, 2.45) is 11.8 Å². The highest BCUT2D eigenvalue weighted by molar-refractivity contribution is 5.34. The molecule has 1 aromatic carbocycles. The number of rotatable bonds is 5. The summed E-state index contributed by atoms with van der Waals surface area (Å²) in [6.45, 7) is 2.25. The SMILES string of the molecule is CCC[C@H]1CC[C@](c2ccc(OC(F)(F)F)cc2)(C2CCCCC2)CC1. The van der Waals surface area contributed by atoms with Crippen LogP contribution in [0.5, 0.6) is 5.75 Å². The fourth-order valence-electron chi connectivity index (χ4n) is 5.47. The predicted molar refractivity (Wildman–Crippen MR) is 98.2 cm³/mol. The molecule has 0 unspecified atom stereocenters. The van der Waals surface area contributed by atoms with Crippen molar-refractivity contribution in [3.63, 3.8) is 0 Å². The molecule has 2 fully saturated rings. The van der Waals surface area contributed by atoms with Gasteiger partial charge in [-0.25, -0.2) is 0 Å².